The number of hydrogen-bond donors (Lipinski definition) is 1. The smallest absolute Gasteiger partial charge is 0.222 e. The second-order valence-corrected chi connectivity index (χ2v) is 4.44. The van der Waals surface area contributed by atoms with Crippen LogP contribution in [0.4, 0.5) is 5.95 Å². The summed E-state index contributed by atoms with van der Waals surface area (Å²) in [5.41, 5.74) is 2.10. The molecule has 92 valence electrons. The molecule has 0 bridgehead atoms. The Morgan fingerprint density at radius 3 is 2.28 bits per heavy atom. The van der Waals surface area contributed by atoms with E-state index in [0.29, 0.717) is 6.04 Å². The number of nitrogens with zero attached hydrogens (tertiary/aromatic N) is 2. The van der Waals surface area contributed by atoms with Gasteiger partial charge in [-0.15, -0.1) is 0 Å². The van der Waals surface area contributed by atoms with E-state index in [2.05, 4.69) is 15.3 Å². The molecule has 1 aromatic carbocycles. The zero-order valence-electron chi connectivity index (χ0n) is 10.3. The van der Waals surface area contributed by atoms with E-state index in [1.54, 1.807) is 7.11 Å². The number of anilines is 1. The van der Waals surface area contributed by atoms with Crippen molar-refractivity contribution >= 4 is 5.95 Å². The summed E-state index contributed by atoms with van der Waals surface area (Å²) >= 11 is 0. The van der Waals surface area contributed by atoms with Gasteiger partial charge in [0.25, 0.3) is 0 Å². The van der Waals surface area contributed by atoms with Crippen molar-refractivity contribution < 1.29 is 4.74 Å². The van der Waals surface area contributed by atoms with Crippen LogP contribution < -0.4 is 10.1 Å². The van der Waals surface area contributed by atoms with Crippen LogP contribution in [0.1, 0.15) is 12.8 Å². The molecule has 1 fully saturated rings. The van der Waals surface area contributed by atoms with Gasteiger partial charge in [0, 0.05) is 24.0 Å². The van der Waals surface area contributed by atoms with Crippen LogP contribution in [-0.2, 0) is 0 Å². The molecule has 0 radical (unpaired) electrons. The number of nitrogens with one attached hydrogen (secondary N) is 1. The van der Waals surface area contributed by atoms with E-state index in [4.69, 9.17) is 4.74 Å². The lowest BCUT2D eigenvalue weighted by molar-refractivity contribution is 0.415. The van der Waals surface area contributed by atoms with Gasteiger partial charge in [-0.2, -0.15) is 0 Å². The maximum absolute atomic E-state index is 5.13. The highest BCUT2D eigenvalue weighted by Gasteiger charge is 2.21. The normalized spacial score (nSPS) is 14.3. The van der Waals surface area contributed by atoms with E-state index in [9.17, 15) is 0 Å². The van der Waals surface area contributed by atoms with Gasteiger partial charge < -0.3 is 10.1 Å². The third kappa shape index (κ3) is 2.42. The largest absolute Gasteiger partial charge is 0.497 e. The van der Waals surface area contributed by atoms with Crippen molar-refractivity contribution in [2.75, 3.05) is 12.4 Å². The van der Waals surface area contributed by atoms with Crippen molar-refractivity contribution in [3.8, 4) is 16.9 Å². The van der Waals surface area contributed by atoms with Gasteiger partial charge in [0.1, 0.15) is 5.75 Å². The molecule has 1 N–H and O–H groups in total. The lowest BCUT2D eigenvalue weighted by Gasteiger charge is -2.05. The Labute approximate surface area is 106 Å². The second kappa shape index (κ2) is 4.64. The van der Waals surface area contributed by atoms with Gasteiger partial charge in [-0.05, 0) is 30.5 Å². The van der Waals surface area contributed by atoms with Crippen LogP contribution in [0.25, 0.3) is 11.1 Å². The Morgan fingerprint density at radius 2 is 1.72 bits per heavy atom. The fraction of sp³-hybridized carbons (Fsp3) is 0.286. The van der Waals surface area contributed by atoms with E-state index in [-0.39, 0.29) is 0 Å². The van der Waals surface area contributed by atoms with E-state index in [0.717, 1.165) is 22.8 Å². The molecule has 0 unspecified atom stereocenters. The average Bonchev–Trinajstić information content (AvgIpc) is 3.24. The van der Waals surface area contributed by atoms with Crippen LogP contribution in [0.3, 0.4) is 0 Å². The number of ether oxygens (including phenoxy) is 1. The van der Waals surface area contributed by atoms with Gasteiger partial charge in [-0.1, -0.05) is 12.1 Å². The monoisotopic (exact) mass is 241 g/mol. The number of aromatic nitrogens is 2. The fourth-order valence-corrected chi connectivity index (χ4v) is 1.75. The maximum atomic E-state index is 5.13. The van der Waals surface area contributed by atoms with Gasteiger partial charge in [0.2, 0.25) is 5.95 Å². The van der Waals surface area contributed by atoms with Crippen molar-refractivity contribution in [3.63, 3.8) is 0 Å². The predicted molar refractivity (Wildman–Crippen MR) is 70.7 cm³/mol. The van der Waals surface area contributed by atoms with Gasteiger partial charge in [0.05, 0.1) is 7.11 Å². The molecule has 4 nitrogen and oxygen atoms in total. The minimum absolute atomic E-state index is 0.580. The molecule has 1 heterocycles. The summed E-state index contributed by atoms with van der Waals surface area (Å²) in [6.07, 6.45) is 6.15. The van der Waals surface area contributed by atoms with Crippen molar-refractivity contribution in [1.29, 1.82) is 0 Å². The van der Waals surface area contributed by atoms with E-state index in [1.807, 2.05) is 36.7 Å². The van der Waals surface area contributed by atoms with Crippen LogP contribution >= 0.6 is 0 Å². The Kier molecular flexibility index (Phi) is 2.84. The van der Waals surface area contributed by atoms with Gasteiger partial charge in [-0.3, -0.25) is 0 Å². The maximum Gasteiger partial charge on any atom is 0.222 e. The summed E-state index contributed by atoms with van der Waals surface area (Å²) in [6.45, 7) is 0. The first-order chi connectivity index (χ1) is 8.85. The average molecular weight is 241 g/mol. The van der Waals surface area contributed by atoms with Crippen LogP contribution in [0.2, 0.25) is 0 Å². The first-order valence-corrected chi connectivity index (χ1v) is 6.08. The first-order valence-electron chi connectivity index (χ1n) is 6.08. The number of rotatable bonds is 4. The molecule has 0 aliphatic heterocycles. The van der Waals surface area contributed by atoms with E-state index < -0.39 is 0 Å². The highest BCUT2D eigenvalue weighted by molar-refractivity contribution is 5.62. The highest BCUT2D eigenvalue weighted by atomic mass is 16.5. The Balaban J connectivity index is 1.77. The zero-order chi connectivity index (χ0) is 12.4. The predicted octanol–water partition coefficient (Wildman–Crippen LogP) is 2.73. The molecule has 0 saturated heterocycles. The SMILES string of the molecule is COc1ccc(-c2cnc(NC3CC3)nc2)cc1. The number of benzene rings is 1. The summed E-state index contributed by atoms with van der Waals surface area (Å²) in [7, 11) is 1.66. The molecule has 1 aliphatic rings. The van der Waals surface area contributed by atoms with Crippen molar-refractivity contribution in [3.05, 3.63) is 36.7 Å². The Hall–Kier alpha value is -2.10. The van der Waals surface area contributed by atoms with Crippen molar-refractivity contribution in [2.24, 2.45) is 0 Å². The quantitative estimate of drug-likeness (QED) is 0.894. The van der Waals surface area contributed by atoms with Gasteiger partial charge >= 0.3 is 0 Å². The standard InChI is InChI=1S/C14H15N3O/c1-18-13-6-2-10(3-7-13)11-8-15-14(16-9-11)17-12-4-5-12/h2-3,6-9,12H,4-5H2,1H3,(H,15,16,17). The van der Waals surface area contributed by atoms with Crippen molar-refractivity contribution in [2.45, 2.75) is 18.9 Å². The molecule has 3 rings (SSSR count). The number of hydrogen-bond acceptors (Lipinski definition) is 4. The molecule has 2 aromatic rings. The fourth-order valence-electron chi connectivity index (χ4n) is 1.75. The third-order valence-electron chi connectivity index (χ3n) is 2.99. The topological polar surface area (TPSA) is 47.0 Å². The Morgan fingerprint density at radius 1 is 1.06 bits per heavy atom. The third-order valence-corrected chi connectivity index (χ3v) is 2.99. The lowest BCUT2D eigenvalue weighted by Crippen LogP contribution is -2.04. The number of methoxy groups -OCH3 is 1. The molecule has 1 saturated carbocycles. The minimum Gasteiger partial charge on any atom is -0.497 e. The summed E-state index contributed by atoms with van der Waals surface area (Å²) in [4.78, 5) is 8.65. The molecule has 0 spiro atoms. The molecule has 0 atom stereocenters. The molecular weight excluding hydrogens is 226 g/mol. The molecule has 1 aromatic heterocycles. The molecule has 4 heteroatoms. The van der Waals surface area contributed by atoms with Crippen molar-refractivity contribution in [1.82, 2.24) is 9.97 Å². The van der Waals surface area contributed by atoms with Crippen LogP contribution in [-0.4, -0.2) is 23.1 Å². The minimum atomic E-state index is 0.580. The van der Waals surface area contributed by atoms with E-state index in [1.165, 1.54) is 12.8 Å². The first kappa shape index (κ1) is 11.0. The molecule has 0 amide bonds. The van der Waals surface area contributed by atoms with Gasteiger partial charge in [-0.25, -0.2) is 9.97 Å². The molecule has 1 aliphatic carbocycles. The summed E-state index contributed by atoms with van der Waals surface area (Å²) in [6, 6.07) is 8.46. The lowest BCUT2D eigenvalue weighted by atomic mass is 10.1. The highest BCUT2D eigenvalue weighted by Crippen LogP contribution is 2.24. The van der Waals surface area contributed by atoms with Crippen LogP contribution in [0.15, 0.2) is 36.7 Å². The summed E-state index contributed by atoms with van der Waals surface area (Å²) in [5, 5.41) is 3.27. The van der Waals surface area contributed by atoms with Crippen LogP contribution in [0, 0.1) is 0 Å². The molecular formula is C14H15N3O. The molecule has 18 heavy (non-hydrogen) atoms. The zero-order valence-corrected chi connectivity index (χ0v) is 10.3. The summed E-state index contributed by atoms with van der Waals surface area (Å²) in [5.74, 6) is 1.57. The van der Waals surface area contributed by atoms with E-state index >= 15 is 0 Å². The van der Waals surface area contributed by atoms with Gasteiger partial charge in [0.15, 0.2) is 0 Å². The van der Waals surface area contributed by atoms with Crippen LogP contribution in [0.5, 0.6) is 5.75 Å². The summed E-state index contributed by atoms with van der Waals surface area (Å²) < 4.78 is 5.13. The second-order valence-electron chi connectivity index (χ2n) is 4.44. The Bertz CT molecular complexity index is 518.